The molecule has 17 heavy (non-hydrogen) atoms. The van der Waals surface area contributed by atoms with Crippen molar-refractivity contribution in [3.8, 4) is 0 Å². The number of imidazole rings is 1. The van der Waals surface area contributed by atoms with Gasteiger partial charge in [0.15, 0.2) is 0 Å². The minimum atomic E-state index is -0.936. The van der Waals surface area contributed by atoms with Gasteiger partial charge in [-0.15, -0.1) is 0 Å². The van der Waals surface area contributed by atoms with Crippen LogP contribution in [0, 0.1) is 6.92 Å². The SMILES string of the molecule is Cc1ncc(CNc2ccccc2C(=O)O)[nH]1. The van der Waals surface area contributed by atoms with Gasteiger partial charge >= 0.3 is 5.97 Å². The molecule has 0 saturated carbocycles. The van der Waals surface area contributed by atoms with E-state index in [0.717, 1.165) is 11.5 Å². The number of nitrogens with one attached hydrogen (secondary N) is 2. The fourth-order valence-electron chi connectivity index (χ4n) is 1.58. The molecule has 0 radical (unpaired) electrons. The van der Waals surface area contributed by atoms with E-state index in [4.69, 9.17) is 5.11 Å². The zero-order chi connectivity index (χ0) is 12.3. The molecule has 0 aliphatic rings. The molecule has 1 aromatic heterocycles. The molecule has 1 aromatic carbocycles. The Morgan fingerprint density at radius 2 is 2.24 bits per heavy atom. The quantitative estimate of drug-likeness (QED) is 0.752. The molecule has 2 rings (SSSR count). The maximum absolute atomic E-state index is 11.0. The third kappa shape index (κ3) is 2.63. The van der Waals surface area contributed by atoms with E-state index in [2.05, 4.69) is 15.3 Å². The summed E-state index contributed by atoms with van der Waals surface area (Å²) >= 11 is 0. The standard InChI is InChI=1S/C12H13N3O2/c1-8-13-6-9(15-8)7-14-11-5-3-2-4-10(11)12(16)17/h2-6,14H,7H2,1H3,(H,13,15)(H,16,17). The number of aryl methyl sites for hydroxylation is 1. The van der Waals surface area contributed by atoms with Crippen LogP contribution in [-0.4, -0.2) is 21.0 Å². The molecule has 3 N–H and O–H groups in total. The van der Waals surface area contributed by atoms with Crippen molar-refractivity contribution < 1.29 is 9.90 Å². The number of hydrogen-bond acceptors (Lipinski definition) is 3. The lowest BCUT2D eigenvalue weighted by atomic mass is 10.2. The predicted molar refractivity (Wildman–Crippen MR) is 64.1 cm³/mol. The average Bonchev–Trinajstić information content (AvgIpc) is 2.73. The van der Waals surface area contributed by atoms with Gasteiger partial charge in [-0.1, -0.05) is 12.1 Å². The second-order valence-electron chi connectivity index (χ2n) is 3.70. The predicted octanol–water partition coefficient (Wildman–Crippen LogP) is 2.03. The van der Waals surface area contributed by atoms with Gasteiger partial charge in [0, 0.05) is 5.69 Å². The van der Waals surface area contributed by atoms with Gasteiger partial charge in [0.05, 0.1) is 24.0 Å². The second kappa shape index (κ2) is 4.69. The summed E-state index contributed by atoms with van der Waals surface area (Å²) in [7, 11) is 0. The molecule has 2 aromatic rings. The third-order valence-electron chi connectivity index (χ3n) is 2.38. The van der Waals surface area contributed by atoms with E-state index in [-0.39, 0.29) is 5.56 Å². The Morgan fingerprint density at radius 3 is 2.88 bits per heavy atom. The zero-order valence-corrected chi connectivity index (χ0v) is 9.40. The van der Waals surface area contributed by atoms with Gasteiger partial charge < -0.3 is 15.4 Å². The van der Waals surface area contributed by atoms with Crippen molar-refractivity contribution in [1.29, 1.82) is 0 Å². The van der Waals surface area contributed by atoms with E-state index >= 15 is 0 Å². The molecule has 0 fully saturated rings. The highest BCUT2D eigenvalue weighted by molar-refractivity contribution is 5.94. The molecule has 1 heterocycles. The van der Waals surface area contributed by atoms with Crippen LogP contribution in [-0.2, 0) is 6.54 Å². The van der Waals surface area contributed by atoms with Crippen molar-refractivity contribution in [2.24, 2.45) is 0 Å². The fraction of sp³-hybridized carbons (Fsp3) is 0.167. The van der Waals surface area contributed by atoms with Gasteiger partial charge in [0.1, 0.15) is 5.82 Å². The van der Waals surface area contributed by atoms with Gasteiger partial charge in [0.2, 0.25) is 0 Å². The summed E-state index contributed by atoms with van der Waals surface area (Å²) in [5, 5.41) is 12.1. The van der Waals surface area contributed by atoms with Crippen molar-refractivity contribution in [3.63, 3.8) is 0 Å². The van der Waals surface area contributed by atoms with Crippen molar-refractivity contribution >= 4 is 11.7 Å². The minimum Gasteiger partial charge on any atom is -0.478 e. The third-order valence-corrected chi connectivity index (χ3v) is 2.38. The van der Waals surface area contributed by atoms with Crippen LogP contribution in [0.1, 0.15) is 21.9 Å². The zero-order valence-electron chi connectivity index (χ0n) is 9.40. The van der Waals surface area contributed by atoms with Gasteiger partial charge in [0.25, 0.3) is 0 Å². The van der Waals surface area contributed by atoms with E-state index in [9.17, 15) is 4.79 Å². The molecule has 0 saturated heterocycles. The van der Waals surface area contributed by atoms with E-state index in [0.29, 0.717) is 12.2 Å². The van der Waals surface area contributed by atoms with Gasteiger partial charge in [-0.3, -0.25) is 0 Å². The number of benzene rings is 1. The van der Waals surface area contributed by atoms with Crippen molar-refractivity contribution in [2.75, 3.05) is 5.32 Å². The van der Waals surface area contributed by atoms with Crippen LogP contribution in [0.15, 0.2) is 30.5 Å². The first-order valence-electron chi connectivity index (χ1n) is 5.23. The number of anilines is 1. The Bertz CT molecular complexity index is 534. The Hall–Kier alpha value is -2.30. The molecule has 0 bridgehead atoms. The second-order valence-corrected chi connectivity index (χ2v) is 3.70. The van der Waals surface area contributed by atoms with E-state index in [1.54, 1.807) is 30.5 Å². The van der Waals surface area contributed by atoms with Crippen molar-refractivity contribution in [2.45, 2.75) is 13.5 Å². The number of hydrogen-bond donors (Lipinski definition) is 3. The van der Waals surface area contributed by atoms with Crippen LogP contribution < -0.4 is 5.32 Å². The number of carboxylic acids is 1. The Kier molecular flexibility index (Phi) is 3.09. The van der Waals surface area contributed by atoms with Crippen LogP contribution >= 0.6 is 0 Å². The minimum absolute atomic E-state index is 0.267. The summed E-state index contributed by atoms with van der Waals surface area (Å²) in [6, 6.07) is 6.82. The number of aromatic amines is 1. The highest BCUT2D eigenvalue weighted by Gasteiger charge is 2.08. The van der Waals surface area contributed by atoms with E-state index in [1.165, 1.54) is 0 Å². The molecule has 5 nitrogen and oxygen atoms in total. The lowest BCUT2D eigenvalue weighted by molar-refractivity contribution is 0.0698. The summed E-state index contributed by atoms with van der Waals surface area (Å²) in [6.45, 7) is 2.39. The summed E-state index contributed by atoms with van der Waals surface area (Å²) in [6.07, 6.45) is 1.73. The number of aromatic nitrogens is 2. The number of aromatic carboxylic acids is 1. The van der Waals surface area contributed by atoms with Gasteiger partial charge in [-0.2, -0.15) is 0 Å². The Morgan fingerprint density at radius 1 is 1.47 bits per heavy atom. The van der Waals surface area contributed by atoms with Gasteiger partial charge in [-0.25, -0.2) is 9.78 Å². The Labute approximate surface area is 98.5 Å². The van der Waals surface area contributed by atoms with Crippen LogP contribution in [0.5, 0.6) is 0 Å². The van der Waals surface area contributed by atoms with Crippen LogP contribution in [0.2, 0.25) is 0 Å². The maximum Gasteiger partial charge on any atom is 0.337 e. The fourth-order valence-corrected chi connectivity index (χ4v) is 1.58. The topological polar surface area (TPSA) is 78.0 Å². The normalized spacial score (nSPS) is 10.2. The summed E-state index contributed by atoms with van der Waals surface area (Å²) < 4.78 is 0. The summed E-state index contributed by atoms with van der Waals surface area (Å²) in [4.78, 5) is 18.1. The van der Waals surface area contributed by atoms with Gasteiger partial charge in [-0.05, 0) is 19.1 Å². The smallest absolute Gasteiger partial charge is 0.337 e. The first kappa shape index (κ1) is 11.2. The van der Waals surface area contributed by atoms with Crippen LogP contribution in [0.3, 0.4) is 0 Å². The highest BCUT2D eigenvalue weighted by Crippen LogP contribution is 2.15. The van der Waals surface area contributed by atoms with Crippen LogP contribution in [0.4, 0.5) is 5.69 Å². The first-order chi connectivity index (χ1) is 8.16. The van der Waals surface area contributed by atoms with E-state index < -0.39 is 5.97 Å². The molecule has 5 heteroatoms. The molecule has 0 aliphatic carbocycles. The molecule has 88 valence electrons. The molecule has 0 spiro atoms. The van der Waals surface area contributed by atoms with Crippen LogP contribution in [0.25, 0.3) is 0 Å². The lowest BCUT2D eigenvalue weighted by Crippen LogP contribution is -2.06. The summed E-state index contributed by atoms with van der Waals surface area (Å²) in [5.41, 5.74) is 1.79. The number of rotatable bonds is 4. The molecule has 0 aliphatic heterocycles. The number of carboxylic acid groups (broad SMARTS) is 1. The number of carbonyl (C=O) groups is 1. The Balaban J connectivity index is 2.11. The highest BCUT2D eigenvalue weighted by atomic mass is 16.4. The number of para-hydroxylation sites is 1. The lowest BCUT2D eigenvalue weighted by Gasteiger charge is -2.07. The number of H-pyrrole nitrogens is 1. The molecule has 0 amide bonds. The van der Waals surface area contributed by atoms with Crippen molar-refractivity contribution in [3.05, 3.63) is 47.5 Å². The maximum atomic E-state index is 11.0. The summed E-state index contributed by atoms with van der Waals surface area (Å²) in [5.74, 6) is -0.0952. The largest absolute Gasteiger partial charge is 0.478 e. The molecular formula is C12H13N3O2. The molecule has 0 atom stereocenters. The van der Waals surface area contributed by atoms with E-state index in [1.807, 2.05) is 6.92 Å². The first-order valence-corrected chi connectivity index (χ1v) is 5.23. The number of nitrogens with zero attached hydrogens (tertiary/aromatic N) is 1. The molecular weight excluding hydrogens is 218 g/mol. The monoisotopic (exact) mass is 231 g/mol. The molecule has 0 unspecified atom stereocenters. The average molecular weight is 231 g/mol. The van der Waals surface area contributed by atoms with Crippen molar-refractivity contribution in [1.82, 2.24) is 9.97 Å².